The van der Waals surface area contributed by atoms with Crippen molar-refractivity contribution in [2.24, 2.45) is 0 Å². The van der Waals surface area contributed by atoms with Gasteiger partial charge in [0.05, 0.1) is 18.8 Å². The number of aromatic nitrogens is 1. The molecule has 152 valence electrons. The first kappa shape index (κ1) is 19.5. The van der Waals surface area contributed by atoms with Crippen LogP contribution in [-0.2, 0) is 6.54 Å². The van der Waals surface area contributed by atoms with Gasteiger partial charge in [-0.25, -0.2) is 0 Å². The van der Waals surface area contributed by atoms with Crippen molar-refractivity contribution in [2.75, 3.05) is 31.1 Å². The Morgan fingerprint density at radius 3 is 2.41 bits per heavy atom. The van der Waals surface area contributed by atoms with Gasteiger partial charge < -0.3 is 13.9 Å². The lowest BCUT2D eigenvalue weighted by molar-refractivity contribution is 0.0829. The molecule has 5 heteroatoms. The van der Waals surface area contributed by atoms with Gasteiger partial charge in [0.1, 0.15) is 5.76 Å². The normalized spacial score (nSPS) is 16.2. The number of Topliss-reactive ketones (excluding diaryl/α,β-unsaturated/α-hetero) is 1. The Kier molecular flexibility index (Phi) is 5.58. The van der Waals surface area contributed by atoms with E-state index in [0.717, 1.165) is 48.9 Å². The third kappa shape index (κ3) is 4.01. The fraction of sp³-hybridized carbons (Fsp3) is 0.375. The number of hydrogen-bond acceptors (Lipinski definition) is 4. The molecule has 1 aliphatic rings. The molecule has 2 aromatic heterocycles. The molecule has 0 unspecified atom stereocenters. The minimum absolute atomic E-state index is 0.120. The molecule has 3 heterocycles. The number of furan rings is 1. The summed E-state index contributed by atoms with van der Waals surface area (Å²) in [7, 11) is 0. The van der Waals surface area contributed by atoms with Gasteiger partial charge in [0.2, 0.25) is 0 Å². The molecule has 1 aliphatic heterocycles. The lowest BCUT2D eigenvalue weighted by Crippen LogP contribution is -2.51. The highest BCUT2D eigenvalue weighted by Crippen LogP contribution is 2.22. The second-order valence-corrected chi connectivity index (χ2v) is 7.85. The first-order valence-electron chi connectivity index (χ1n) is 10.3. The standard InChI is InChI=1S/C24H29N3O2/c1-18-16-23(19(2)27(18)17-22-10-7-15-29-22)24(28)20(3)25-11-13-26(14-12-25)21-8-5-4-6-9-21/h4-10,15-16,20H,11-14,17H2,1-3H3/t20-/m0/s1. The minimum Gasteiger partial charge on any atom is -0.467 e. The van der Waals surface area contributed by atoms with Gasteiger partial charge in [-0.15, -0.1) is 0 Å². The Morgan fingerprint density at radius 1 is 1.03 bits per heavy atom. The Balaban J connectivity index is 1.43. The van der Waals surface area contributed by atoms with Crippen LogP contribution in [-0.4, -0.2) is 47.5 Å². The number of piperazine rings is 1. The van der Waals surface area contributed by atoms with Crippen molar-refractivity contribution >= 4 is 11.5 Å². The SMILES string of the molecule is Cc1cc(C(=O)[C@H](C)N2CCN(c3ccccc3)CC2)c(C)n1Cc1ccco1. The van der Waals surface area contributed by atoms with Crippen LogP contribution in [0.3, 0.4) is 0 Å². The van der Waals surface area contributed by atoms with E-state index in [9.17, 15) is 4.79 Å². The highest BCUT2D eigenvalue weighted by molar-refractivity contribution is 6.01. The maximum Gasteiger partial charge on any atom is 0.181 e. The van der Waals surface area contributed by atoms with Crippen LogP contribution in [0, 0.1) is 13.8 Å². The van der Waals surface area contributed by atoms with Crippen LogP contribution in [0.15, 0.2) is 59.2 Å². The van der Waals surface area contributed by atoms with Gasteiger partial charge in [0.25, 0.3) is 0 Å². The number of benzene rings is 1. The molecule has 1 saturated heterocycles. The van der Waals surface area contributed by atoms with Gasteiger partial charge in [0, 0.05) is 48.8 Å². The van der Waals surface area contributed by atoms with Gasteiger partial charge in [-0.2, -0.15) is 0 Å². The molecular formula is C24H29N3O2. The monoisotopic (exact) mass is 391 g/mol. The van der Waals surface area contributed by atoms with Crippen molar-refractivity contribution in [2.45, 2.75) is 33.4 Å². The number of carbonyl (C=O) groups excluding carboxylic acids is 1. The molecule has 1 atom stereocenters. The van der Waals surface area contributed by atoms with E-state index >= 15 is 0 Å². The summed E-state index contributed by atoms with van der Waals surface area (Å²) in [6.45, 7) is 10.5. The fourth-order valence-electron chi connectivity index (χ4n) is 4.25. The summed E-state index contributed by atoms with van der Waals surface area (Å²) in [6.07, 6.45) is 1.69. The second kappa shape index (κ2) is 8.29. The number of aryl methyl sites for hydroxylation is 1. The van der Waals surface area contributed by atoms with Gasteiger partial charge in [0.15, 0.2) is 5.78 Å². The summed E-state index contributed by atoms with van der Waals surface area (Å²) in [6, 6.07) is 16.3. The summed E-state index contributed by atoms with van der Waals surface area (Å²) < 4.78 is 7.65. The molecule has 5 nitrogen and oxygen atoms in total. The fourth-order valence-corrected chi connectivity index (χ4v) is 4.25. The number of para-hydroxylation sites is 1. The van der Waals surface area contributed by atoms with Gasteiger partial charge in [-0.3, -0.25) is 9.69 Å². The highest BCUT2D eigenvalue weighted by Gasteiger charge is 2.28. The largest absolute Gasteiger partial charge is 0.467 e. The van der Waals surface area contributed by atoms with Crippen LogP contribution in [0.5, 0.6) is 0 Å². The molecule has 0 spiro atoms. The molecule has 0 amide bonds. The lowest BCUT2D eigenvalue weighted by atomic mass is 10.0. The van der Waals surface area contributed by atoms with Crippen LogP contribution in [0.25, 0.3) is 0 Å². The van der Waals surface area contributed by atoms with Gasteiger partial charge >= 0.3 is 0 Å². The van der Waals surface area contributed by atoms with Crippen molar-refractivity contribution < 1.29 is 9.21 Å². The Hall–Kier alpha value is -2.79. The number of nitrogens with zero attached hydrogens (tertiary/aromatic N) is 3. The summed E-state index contributed by atoms with van der Waals surface area (Å²) in [5.74, 6) is 1.10. The molecule has 0 radical (unpaired) electrons. The molecule has 3 aromatic rings. The number of carbonyl (C=O) groups is 1. The Bertz CT molecular complexity index is 952. The maximum absolute atomic E-state index is 13.3. The topological polar surface area (TPSA) is 41.6 Å². The number of hydrogen-bond donors (Lipinski definition) is 0. The zero-order valence-corrected chi connectivity index (χ0v) is 17.5. The summed E-state index contributed by atoms with van der Waals surface area (Å²) in [4.78, 5) is 18.0. The third-order valence-electron chi connectivity index (χ3n) is 6.10. The number of anilines is 1. The third-order valence-corrected chi connectivity index (χ3v) is 6.10. The summed E-state index contributed by atoms with van der Waals surface area (Å²) in [5.41, 5.74) is 4.18. The van der Waals surface area contributed by atoms with Crippen LogP contribution < -0.4 is 4.90 Å². The molecule has 4 rings (SSSR count). The molecule has 0 saturated carbocycles. The molecule has 1 fully saturated rings. The molecular weight excluding hydrogens is 362 g/mol. The van der Waals surface area contributed by atoms with E-state index in [1.807, 2.05) is 38.1 Å². The summed E-state index contributed by atoms with van der Waals surface area (Å²) in [5, 5.41) is 0. The number of rotatable bonds is 6. The van der Waals surface area contributed by atoms with Crippen molar-refractivity contribution in [3.8, 4) is 0 Å². The van der Waals surface area contributed by atoms with E-state index < -0.39 is 0 Å². The molecule has 0 aliphatic carbocycles. The Labute approximate surface area is 172 Å². The van der Waals surface area contributed by atoms with E-state index in [4.69, 9.17) is 4.42 Å². The predicted molar refractivity (Wildman–Crippen MR) is 116 cm³/mol. The molecule has 1 aromatic carbocycles. The average molecular weight is 392 g/mol. The van der Waals surface area contributed by atoms with E-state index in [2.05, 4.69) is 45.6 Å². The van der Waals surface area contributed by atoms with Gasteiger partial charge in [-0.1, -0.05) is 18.2 Å². The Morgan fingerprint density at radius 2 is 1.76 bits per heavy atom. The second-order valence-electron chi connectivity index (χ2n) is 7.85. The maximum atomic E-state index is 13.3. The van der Waals surface area contributed by atoms with Crippen LogP contribution in [0.4, 0.5) is 5.69 Å². The first-order valence-corrected chi connectivity index (χ1v) is 10.3. The van der Waals surface area contributed by atoms with Crippen LogP contribution in [0.1, 0.15) is 34.4 Å². The highest BCUT2D eigenvalue weighted by atomic mass is 16.3. The quantitative estimate of drug-likeness (QED) is 0.592. The molecule has 0 bridgehead atoms. The van der Waals surface area contributed by atoms with E-state index in [-0.39, 0.29) is 11.8 Å². The molecule has 29 heavy (non-hydrogen) atoms. The average Bonchev–Trinajstić information content (AvgIpc) is 3.37. The smallest absolute Gasteiger partial charge is 0.181 e. The van der Waals surface area contributed by atoms with Crippen molar-refractivity contribution in [1.82, 2.24) is 9.47 Å². The van der Waals surface area contributed by atoms with Crippen molar-refractivity contribution in [3.05, 3.63) is 77.5 Å². The zero-order valence-electron chi connectivity index (χ0n) is 17.5. The minimum atomic E-state index is -0.120. The van der Waals surface area contributed by atoms with E-state index in [1.54, 1.807) is 6.26 Å². The predicted octanol–water partition coefficient (Wildman–Crippen LogP) is 4.14. The van der Waals surface area contributed by atoms with Crippen LogP contribution in [0.2, 0.25) is 0 Å². The number of ketones is 1. The zero-order chi connectivity index (χ0) is 20.4. The van der Waals surface area contributed by atoms with Crippen molar-refractivity contribution in [1.29, 1.82) is 0 Å². The molecule has 0 N–H and O–H groups in total. The summed E-state index contributed by atoms with van der Waals surface area (Å²) >= 11 is 0. The first-order chi connectivity index (χ1) is 14.0. The van der Waals surface area contributed by atoms with Crippen LogP contribution >= 0.6 is 0 Å². The lowest BCUT2D eigenvalue weighted by Gasteiger charge is -2.38. The van der Waals surface area contributed by atoms with Crippen molar-refractivity contribution in [3.63, 3.8) is 0 Å². The van der Waals surface area contributed by atoms with E-state index in [0.29, 0.717) is 6.54 Å². The van der Waals surface area contributed by atoms with Gasteiger partial charge in [-0.05, 0) is 51.1 Å². The van der Waals surface area contributed by atoms with E-state index in [1.165, 1.54) is 5.69 Å².